The maximum Gasteiger partial charge on any atom is 0.407 e. The lowest BCUT2D eigenvalue weighted by Gasteiger charge is -2.20. The molecule has 1 N–H and O–H groups in total. The van der Waals surface area contributed by atoms with E-state index < -0.39 is 11.7 Å². The monoisotopic (exact) mass is 486 g/mol. The van der Waals surface area contributed by atoms with Gasteiger partial charge in [-0.2, -0.15) is 0 Å². The van der Waals surface area contributed by atoms with Crippen molar-refractivity contribution < 1.29 is 28.5 Å². The molecule has 2 aromatic rings. The molecule has 3 rings (SSSR count). The van der Waals surface area contributed by atoms with Crippen molar-refractivity contribution in [3.05, 3.63) is 51.5 Å². The van der Waals surface area contributed by atoms with E-state index in [-0.39, 0.29) is 5.78 Å². The molecule has 0 spiro atoms. The van der Waals surface area contributed by atoms with E-state index in [0.717, 1.165) is 29.0 Å². The second-order valence-corrected chi connectivity index (χ2v) is 9.51. The number of benzene rings is 1. The molecule has 0 radical (unpaired) electrons. The number of hydrogen-bond acceptors (Lipinski definition) is 8. The summed E-state index contributed by atoms with van der Waals surface area (Å²) >= 11 is 1.43. The number of hydrogen-bond donors (Lipinski definition) is 1. The number of carbonyl (C=O) groups excluding carboxylic acids is 2. The molecule has 0 saturated heterocycles. The summed E-state index contributed by atoms with van der Waals surface area (Å²) in [6.07, 6.45) is 5.10. The first kappa shape index (κ1) is 25.3. The number of nitrogens with zero attached hydrogens (tertiary/aromatic N) is 1. The minimum atomic E-state index is -0.528. The fourth-order valence-electron chi connectivity index (χ4n) is 3.39. The van der Waals surface area contributed by atoms with Crippen LogP contribution in [0.3, 0.4) is 0 Å². The highest BCUT2D eigenvalue weighted by molar-refractivity contribution is 7.11. The smallest absolute Gasteiger partial charge is 0.407 e. The first-order chi connectivity index (χ1) is 16.1. The van der Waals surface area contributed by atoms with Crippen LogP contribution in [0, 0.1) is 0 Å². The highest BCUT2D eigenvalue weighted by Gasteiger charge is 2.21. The van der Waals surface area contributed by atoms with Gasteiger partial charge in [0.25, 0.3) is 0 Å². The highest BCUT2D eigenvalue weighted by atomic mass is 32.1. The van der Waals surface area contributed by atoms with Gasteiger partial charge in [0, 0.05) is 17.5 Å². The van der Waals surface area contributed by atoms with Crippen LogP contribution in [0.5, 0.6) is 17.2 Å². The van der Waals surface area contributed by atoms with Gasteiger partial charge in [-0.05, 0) is 51.3 Å². The minimum absolute atomic E-state index is 0.226. The van der Waals surface area contributed by atoms with Crippen molar-refractivity contribution in [2.24, 2.45) is 0 Å². The van der Waals surface area contributed by atoms with E-state index in [4.69, 9.17) is 18.9 Å². The number of rotatable bonds is 8. The normalized spacial score (nSPS) is 13.5. The number of aromatic nitrogens is 1. The third-order valence-electron chi connectivity index (χ3n) is 5.03. The quantitative estimate of drug-likeness (QED) is 0.523. The van der Waals surface area contributed by atoms with E-state index in [9.17, 15) is 9.59 Å². The van der Waals surface area contributed by atoms with E-state index in [2.05, 4.69) is 10.3 Å². The van der Waals surface area contributed by atoms with Crippen LogP contribution in [-0.2, 0) is 4.74 Å². The van der Waals surface area contributed by atoms with Crippen molar-refractivity contribution in [3.63, 3.8) is 0 Å². The molecule has 0 unspecified atom stereocenters. The second kappa shape index (κ2) is 10.7. The summed E-state index contributed by atoms with van der Waals surface area (Å²) in [6.45, 7) is 5.92. The zero-order chi connectivity index (χ0) is 24.9. The number of ketones is 1. The Morgan fingerprint density at radius 2 is 1.71 bits per heavy atom. The molecule has 0 aliphatic heterocycles. The molecular formula is C25H30N2O6S. The van der Waals surface area contributed by atoms with Crippen molar-refractivity contribution in [1.82, 2.24) is 10.3 Å². The largest absolute Gasteiger partial charge is 0.493 e. The molecule has 0 saturated carbocycles. The number of carbonyl (C=O) groups is 2. The number of amides is 1. The summed E-state index contributed by atoms with van der Waals surface area (Å²) in [5, 5.41) is 5.33. The summed E-state index contributed by atoms with van der Waals surface area (Å²) in [5.74, 6) is 1.02. The Balaban J connectivity index is 1.71. The second-order valence-electron chi connectivity index (χ2n) is 8.65. The van der Waals surface area contributed by atoms with Crippen molar-refractivity contribution in [1.29, 1.82) is 0 Å². The van der Waals surface area contributed by atoms with Gasteiger partial charge in [-0.15, -0.1) is 11.3 Å². The highest BCUT2D eigenvalue weighted by Crippen LogP contribution is 2.39. The standard InChI is InChI=1S/C25H30N2O6S/c1-25(2,3)33-24(29)26-13-15-7-9-16(10-8-15)23-27-18(14-34-23)21(28)17-11-19(30-4)22(32-6)20(12-17)31-5/h7,9,11-12,14H,8,10,13H2,1-6H3,(H,26,29). The average molecular weight is 487 g/mol. The Morgan fingerprint density at radius 3 is 2.24 bits per heavy atom. The molecule has 0 bridgehead atoms. The Kier molecular flexibility index (Phi) is 7.98. The fourth-order valence-corrected chi connectivity index (χ4v) is 4.25. The van der Waals surface area contributed by atoms with E-state index in [1.165, 1.54) is 32.7 Å². The van der Waals surface area contributed by atoms with Crippen LogP contribution in [0.15, 0.2) is 35.2 Å². The molecule has 1 heterocycles. The van der Waals surface area contributed by atoms with E-state index >= 15 is 0 Å². The Labute approximate surface area is 203 Å². The predicted molar refractivity (Wildman–Crippen MR) is 131 cm³/mol. The van der Waals surface area contributed by atoms with Gasteiger partial charge in [0.2, 0.25) is 11.5 Å². The maximum absolute atomic E-state index is 13.1. The van der Waals surface area contributed by atoms with Gasteiger partial charge in [0.15, 0.2) is 11.5 Å². The maximum atomic E-state index is 13.1. The molecule has 0 fully saturated rings. The van der Waals surface area contributed by atoms with Gasteiger partial charge in [0.05, 0.1) is 21.3 Å². The average Bonchev–Trinajstić information content (AvgIpc) is 3.30. The van der Waals surface area contributed by atoms with E-state index in [0.29, 0.717) is 35.1 Å². The lowest BCUT2D eigenvalue weighted by molar-refractivity contribution is 0.0532. The Bertz CT molecular complexity index is 1100. The molecule has 1 amide bonds. The third-order valence-corrected chi connectivity index (χ3v) is 5.95. The summed E-state index contributed by atoms with van der Waals surface area (Å²) in [7, 11) is 4.53. The lowest BCUT2D eigenvalue weighted by atomic mass is 9.98. The molecule has 1 aromatic carbocycles. The summed E-state index contributed by atoms with van der Waals surface area (Å²) < 4.78 is 21.3. The van der Waals surface area contributed by atoms with Crippen molar-refractivity contribution in [2.75, 3.05) is 27.9 Å². The molecule has 1 aliphatic carbocycles. The van der Waals surface area contributed by atoms with Gasteiger partial charge < -0.3 is 24.3 Å². The predicted octanol–water partition coefficient (Wildman–Crippen LogP) is 5.03. The van der Waals surface area contributed by atoms with Crippen LogP contribution >= 0.6 is 11.3 Å². The zero-order valence-corrected chi connectivity index (χ0v) is 21.1. The van der Waals surface area contributed by atoms with E-state index in [1.54, 1.807) is 17.5 Å². The van der Waals surface area contributed by atoms with Gasteiger partial charge in [0.1, 0.15) is 16.3 Å². The number of allylic oxidation sites excluding steroid dienone is 3. The number of nitrogens with one attached hydrogen (secondary N) is 1. The molecule has 0 atom stereocenters. The zero-order valence-electron chi connectivity index (χ0n) is 20.3. The molecular weight excluding hydrogens is 456 g/mol. The summed E-state index contributed by atoms with van der Waals surface area (Å²) in [6, 6.07) is 3.24. The fraction of sp³-hybridized carbons (Fsp3) is 0.400. The number of methoxy groups -OCH3 is 3. The Morgan fingerprint density at radius 1 is 1.03 bits per heavy atom. The molecule has 9 heteroatoms. The first-order valence-electron chi connectivity index (χ1n) is 10.8. The first-order valence-corrected chi connectivity index (χ1v) is 11.7. The molecule has 34 heavy (non-hydrogen) atoms. The number of alkyl carbamates (subject to hydrolysis) is 1. The van der Waals surface area contributed by atoms with E-state index in [1.807, 2.05) is 32.9 Å². The van der Waals surface area contributed by atoms with Crippen LogP contribution in [0.1, 0.15) is 54.7 Å². The topological polar surface area (TPSA) is 96.0 Å². The molecule has 182 valence electrons. The number of thiazole rings is 1. The minimum Gasteiger partial charge on any atom is -0.493 e. The van der Waals surface area contributed by atoms with Crippen molar-refractivity contribution >= 4 is 28.8 Å². The van der Waals surface area contributed by atoms with Crippen LogP contribution in [0.2, 0.25) is 0 Å². The SMILES string of the molecule is COc1cc(C(=O)c2csc(C3=CC=C(CNC(=O)OC(C)(C)C)CC3)n2)cc(OC)c1OC. The van der Waals surface area contributed by atoms with Crippen LogP contribution in [0.4, 0.5) is 4.79 Å². The summed E-state index contributed by atoms with van der Waals surface area (Å²) in [5.41, 5.74) is 2.38. The molecule has 1 aliphatic rings. The lowest BCUT2D eigenvalue weighted by Crippen LogP contribution is -2.33. The Hall–Kier alpha value is -3.33. The number of ether oxygens (including phenoxy) is 4. The van der Waals surface area contributed by atoms with Crippen LogP contribution in [0.25, 0.3) is 5.57 Å². The van der Waals surface area contributed by atoms with Crippen molar-refractivity contribution in [3.8, 4) is 17.2 Å². The van der Waals surface area contributed by atoms with Crippen LogP contribution < -0.4 is 19.5 Å². The van der Waals surface area contributed by atoms with Crippen molar-refractivity contribution in [2.45, 2.75) is 39.2 Å². The molecule has 1 aromatic heterocycles. The third kappa shape index (κ3) is 6.17. The summed E-state index contributed by atoms with van der Waals surface area (Å²) in [4.78, 5) is 29.5. The van der Waals surface area contributed by atoms with Crippen LogP contribution in [-0.4, -0.2) is 50.3 Å². The van der Waals surface area contributed by atoms with Gasteiger partial charge in [-0.1, -0.05) is 17.7 Å². The van der Waals surface area contributed by atoms with Gasteiger partial charge >= 0.3 is 6.09 Å². The molecule has 8 nitrogen and oxygen atoms in total. The van der Waals surface area contributed by atoms with Gasteiger partial charge in [-0.3, -0.25) is 4.79 Å². The van der Waals surface area contributed by atoms with Gasteiger partial charge in [-0.25, -0.2) is 9.78 Å².